The normalized spacial score (nSPS) is 16.9. The summed E-state index contributed by atoms with van der Waals surface area (Å²) in [5.41, 5.74) is 0.547. The summed E-state index contributed by atoms with van der Waals surface area (Å²) in [6.07, 6.45) is 1.41. The summed E-state index contributed by atoms with van der Waals surface area (Å²) >= 11 is 12.0. The van der Waals surface area contributed by atoms with Crippen LogP contribution in [0.2, 0.25) is 10.0 Å². The Balaban J connectivity index is 1.62. The predicted octanol–water partition coefficient (Wildman–Crippen LogP) is 4.17. The molecule has 0 bridgehead atoms. The summed E-state index contributed by atoms with van der Waals surface area (Å²) in [7, 11) is 0. The van der Waals surface area contributed by atoms with Gasteiger partial charge in [-0.05, 0) is 49.7 Å². The van der Waals surface area contributed by atoms with E-state index in [4.69, 9.17) is 23.2 Å². The molecule has 2 aromatic carbocycles. The minimum Gasteiger partial charge on any atom is -0.323 e. The lowest BCUT2D eigenvalue weighted by Gasteiger charge is -2.23. The van der Waals surface area contributed by atoms with Crippen LogP contribution >= 0.6 is 23.2 Å². The Morgan fingerprint density at radius 1 is 1.11 bits per heavy atom. The number of halogens is 3. The van der Waals surface area contributed by atoms with Crippen molar-refractivity contribution in [3.8, 4) is 0 Å². The van der Waals surface area contributed by atoms with Gasteiger partial charge in [-0.2, -0.15) is 0 Å². The van der Waals surface area contributed by atoms with Crippen molar-refractivity contribution in [1.29, 1.82) is 0 Å². The molecule has 1 unspecified atom stereocenters. The lowest BCUT2D eigenvalue weighted by molar-refractivity contribution is -0.122. The Labute approximate surface area is 166 Å². The smallest absolute Gasteiger partial charge is 0.241 e. The lowest BCUT2D eigenvalue weighted by Crippen LogP contribution is -2.43. The van der Waals surface area contributed by atoms with Crippen LogP contribution in [-0.4, -0.2) is 35.8 Å². The van der Waals surface area contributed by atoms with Crippen molar-refractivity contribution in [3.63, 3.8) is 0 Å². The van der Waals surface area contributed by atoms with Crippen molar-refractivity contribution in [1.82, 2.24) is 4.90 Å². The van der Waals surface area contributed by atoms with Crippen LogP contribution in [0, 0.1) is 5.82 Å². The average molecular weight is 410 g/mol. The molecule has 2 amide bonds. The molecule has 2 aromatic rings. The van der Waals surface area contributed by atoms with Crippen molar-refractivity contribution in [2.24, 2.45) is 0 Å². The van der Waals surface area contributed by atoms with Crippen molar-refractivity contribution in [2.45, 2.75) is 18.9 Å². The Kier molecular flexibility index (Phi) is 6.31. The van der Waals surface area contributed by atoms with Crippen molar-refractivity contribution in [3.05, 3.63) is 58.3 Å². The molecular weight excluding hydrogens is 392 g/mol. The van der Waals surface area contributed by atoms with Gasteiger partial charge in [0.25, 0.3) is 0 Å². The third-order valence-corrected chi connectivity index (χ3v) is 4.91. The van der Waals surface area contributed by atoms with Gasteiger partial charge in [-0.3, -0.25) is 14.5 Å². The molecule has 142 valence electrons. The van der Waals surface area contributed by atoms with Gasteiger partial charge < -0.3 is 10.6 Å². The highest BCUT2D eigenvalue weighted by atomic mass is 35.5. The highest BCUT2D eigenvalue weighted by molar-refractivity contribution is 6.35. The van der Waals surface area contributed by atoms with Crippen LogP contribution in [0.3, 0.4) is 0 Å². The van der Waals surface area contributed by atoms with Crippen LogP contribution in [-0.2, 0) is 9.59 Å². The number of hydrogen-bond donors (Lipinski definition) is 2. The number of rotatable bonds is 5. The summed E-state index contributed by atoms with van der Waals surface area (Å²) in [5.74, 6) is -1.13. The molecule has 8 heteroatoms. The maximum Gasteiger partial charge on any atom is 0.241 e. The fourth-order valence-electron chi connectivity index (χ4n) is 3.06. The minimum atomic E-state index is -0.503. The van der Waals surface area contributed by atoms with Gasteiger partial charge in [0.15, 0.2) is 0 Å². The predicted molar refractivity (Wildman–Crippen MR) is 105 cm³/mol. The van der Waals surface area contributed by atoms with Gasteiger partial charge in [0.2, 0.25) is 11.8 Å². The fraction of sp³-hybridized carbons (Fsp3) is 0.263. The van der Waals surface area contributed by atoms with Crippen LogP contribution in [0.15, 0.2) is 42.5 Å². The van der Waals surface area contributed by atoms with E-state index < -0.39 is 11.9 Å². The van der Waals surface area contributed by atoms with E-state index in [-0.39, 0.29) is 24.0 Å². The van der Waals surface area contributed by atoms with E-state index in [2.05, 4.69) is 10.6 Å². The SMILES string of the molecule is O=C(CN1CCCC1C(=O)Nc1cc(Cl)ccc1Cl)Nc1ccccc1F. The molecule has 0 aliphatic carbocycles. The van der Waals surface area contributed by atoms with E-state index in [1.807, 2.05) is 0 Å². The zero-order valence-electron chi connectivity index (χ0n) is 14.3. The topological polar surface area (TPSA) is 61.4 Å². The zero-order chi connectivity index (χ0) is 19.4. The third-order valence-electron chi connectivity index (χ3n) is 4.35. The second kappa shape index (κ2) is 8.69. The van der Waals surface area contributed by atoms with E-state index in [9.17, 15) is 14.0 Å². The van der Waals surface area contributed by atoms with Crippen LogP contribution in [0.5, 0.6) is 0 Å². The van der Waals surface area contributed by atoms with Crippen molar-refractivity contribution >= 4 is 46.4 Å². The number of carbonyl (C=O) groups excluding carboxylic acids is 2. The quantitative estimate of drug-likeness (QED) is 0.778. The van der Waals surface area contributed by atoms with Crippen molar-refractivity contribution < 1.29 is 14.0 Å². The molecule has 5 nitrogen and oxygen atoms in total. The number of para-hydroxylation sites is 1. The molecule has 2 N–H and O–H groups in total. The molecular formula is C19H18Cl2FN3O2. The van der Waals surface area contributed by atoms with Gasteiger partial charge in [0, 0.05) is 5.02 Å². The maximum absolute atomic E-state index is 13.7. The summed E-state index contributed by atoms with van der Waals surface area (Å²) in [4.78, 5) is 26.7. The number of hydrogen-bond acceptors (Lipinski definition) is 3. The van der Waals surface area contributed by atoms with Gasteiger partial charge in [0.05, 0.1) is 29.0 Å². The maximum atomic E-state index is 13.7. The van der Waals surface area contributed by atoms with E-state index in [1.54, 1.807) is 35.2 Å². The molecule has 0 saturated carbocycles. The molecule has 1 heterocycles. The lowest BCUT2D eigenvalue weighted by atomic mass is 10.2. The first-order chi connectivity index (χ1) is 12.9. The Morgan fingerprint density at radius 3 is 2.67 bits per heavy atom. The summed E-state index contributed by atoms with van der Waals surface area (Å²) in [6.45, 7) is 0.599. The van der Waals surface area contributed by atoms with Gasteiger partial charge in [-0.25, -0.2) is 4.39 Å². The van der Waals surface area contributed by atoms with Gasteiger partial charge in [-0.15, -0.1) is 0 Å². The Hall–Kier alpha value is -2.15. The van der Waals surface area contributed by atoms with E-state index in [1.165, 1.54) is 12.1 Å². The van der Waals surface area contributed by atoms with E-state index >= 15 is 0 Å². The van der Waals surface area contributed by atoms with Crippen LogP contribution in [0.4, 0.5) is 15.8 Å². The summed E-state index contributed by atoms with van der Waals surface area (Å²) in [6, 6.07) is 10.3. The molecule has 1 atom stereocenters. The number of nitrogens with zero attached hydrogens (tertiary/aromatic N) is 1. The molecule has 0 radical (unpaired) electrons. The van der Waals surface area contributed by atoms with Crippen molar-refractivity contribution in [2.75, 3.05) is 23.7 Å². The highest BCUT2D eigenvalue weighted by Gasteiger charge is 2.32. The number of carbonyl (C=O) groups is 2. The largest absolute Gasteiger partial charge is 0.323 e. The minimum absolute atomic E-state index is 0.00427. The molecule has 27 heavy (non-hydrogen) atoms. The van der Waals surface area contributed by atoms with E-state index in [0.29, 0.717) is 28.7 Å². The van der Waals surface area contributed by atoms with Crippen LogP contribution in [0.25, 0.3) is 0 Å². The first-order valence-corrected chi connectivity index (χ1v) is 9.24. The zero-order valence-corrected chi connectivity index (χ0v) is 15.9. The van der Waals surface area contributed by atoms with Crippen LogP contribution < -0.4 is 10.6 Å². The Morgan fingerprint density at radius 2 is 1.89 bits per heavy atom. The first-order valence-electron chi connectivity index (χ1n) is 8.48. The number of nitrogens with one attached hydrogen (secondary N) is 2. The summed E-state index contributed by atoms with van der Waals surface area (Å²) in [5, 5.41) is 6.15. The monoisotopic (exact) mass is 409 g/mol. The van der Waals surface area contributed by atoms with Gasteiger partial charge >= 0.3 is 0 Å². The number of anilines is 2. The van der Waals surface area contributed by atoms with Gasteiger partial charge in [0.1, 0.15) is 5.82 Å². The first kappa shape index (κ1) is 19.6. The van der Waals surface area contributed by atoms with Crippen LogP contribution in [0.1, 0.15) is 12.8 Å². The van der Waals surface area contributed by atoms with Gasteiger partial charge in [-0.1, -0.05) is 35.3 Å². The fourth-order valence-corrected chi connectivity index (χ4v) is 3.40. The molecule has 1 saturated heterocycles. The number of benzene rings is 2. The molecule has 3 rings (SSSR count). The number of amides is 2. The molecule has 0 spiro atoms. The average Bonchev–Trinajstić information content (AvgIpc) is 3.08. The molecule has 1 aliphatic heterocycles. The highest BCUT2D eigenvalue weighted by Crippen LogP contribution is 2.27. The summed E-state index contributed by atoms with van der Waals surface area (Å²) < 4.78 is 13.7. The number of likely N-dealkylation sites (tertiary alicyclic amines) is 1. The molecule has 1 aliphatic rings. The second-order valence-corrected chi connectivity index (χ2v) is 7.11. The molecule has 1 fully saturated rings. The third kappa shape index (κ3) is 4.97. The molecule has 0 aromatic heterocycles. The standard InChI is InChI=1S/C19H18Cl2FN3O2/c20-12-7-8-13(21)16(10-12)24-19(27)17-6-3-9-25(17)11-18(26)23-15-5-2-1-4-14(15)22/h1-2,4-5,7-8,10,17H,3,6,9,11H2,(H,23,26)(H,24,27). The Bertz CT molecular complexity index is 863. The second-order valence-electron chi connectivity index (χ2n) is 6.27. The van der Waals surface area contributed by atoms with E-state index in [0.717, 1.165) is 6.42 Å².